The number of aliphatic hydroxyl groups excluding tert-OH is 2. The van der Waals surface area contributed by atoms with E-state index in [2.05, 4.69) is 91.4 Å². The van der Waals surface area contributed by atoms with Crippen molar-refractivity contribution >= 4 is 34.2 Å². The first-order valence-corrected chi connectivity index (χ1v) is 29.0. The monoisotopic (exact) mass is 1020 g/mol. The van der Waals surface area contributed by atoms with E-state index in [0.29, 0.717) is 43.7 Å². The maximum absolute atomic E-state index is 15.6. The molecular weight excluding hydrogens is 941 g/mol. The van der Waals surface area contributed by atoms with Crippen LogP contribution in [0.1, 0.15) is 139 Å². The van der Waals surface area contributed by atoms with Crippen molar-refractivity contribution in [1.82, 2.24) is 4.90 Å². The second-order valence-corrected chi connectivity index (χ2v) is 21.4. The molecule has 0 spiro atoms. The first-order valence-electron chi connectivity index (χ1n) is 27.7. The lowest BCUT2D eigenvalue weighted by molar-refractivity contribution is -0.258. The van der Waals surface area contributed by atoms with Crippen LogP contribution in [0.5, 0.6) is 17.2 Å². The summed E-state index contributed by atoms with van der Waals surface area (Å²) in [6.07, 6.45) is 22.1. The summed E-state index contributed by atoms with van der Waals surface area (Å²) in [5.74, 6) is 0.376. The van der Waals surface area contributed by atoms with E-state index in [-0.39, 0.29) is 50.1 Å². The van der Waals surface area contributed by atoms with E-state index >= 15 is 4.79 Å². The topological polar surface area (TPSA) is 110 Å². The Bertz CT molecular complexity index is 2610. The summed E-state index contributed by atoms with van der Waals surface area (Å²) in [6.45, 7) is 7.48. The molecule has 3 aliphatic rings. The van der Waals surface area contributed by atoms with Gasteiger partial charge in [-0.25, -0.2) is 0 Å². The highest BCUT2D eigenvalue weighted by Gasteiger charge is 2.65. The third-order valence-electron chi connectivity index (χ3n) is 15.6. The van der Waals surface area contributed by atoms with Gasteiger partial charge in [-0.05, 0) is 120 Å². The third-order valence-corrected chi connectivity index (χ3v) is 16.3. The summed E-state index contributed by atoms with van der Waals surface area (Å²) in [7, 11) is 0. The second-order valence-electron chi connectivity index (χ2n) is 20.5. The van der Waals surface area contributed by atoms with Gasteiger partial charge in [0.2, 0.25) is 11.7 Å². The number of allylic oxidation sites excluding steroid dienone is 1. The van der Waals surface area contributed by atoms with Crippen LogP contribution in [0.2, 0.25) is 0 Å². The van der Waals surface area contributed by atoms with E-state index in [1.165, 1.54) is 38.5 Å². The van der Waals surface area contributed by atoms with Crippen LogP contribution in [0.25, 0.3) is 10.8 Å². The smallest absolute Gasteiger partial charge is 0.239 e. The van der Waals surface area contributed by atoms with Crippen LogP contribution in [-0.2, 0) is 27.5 Å². The van der Waals surface area contributed by atoms with Gasteiger partial charge >= 0.3 is 0 Å². The van der Waals surface area contributed by atoms with E-state index in [9.17, 15) is 10.2 Å². The second kappa shape index (κ2) is 27.9. The molecule has 74 heavy (non-hydrogen) atoms. The molecule has 1 fully saturated rings. The minimum absolute atomic E-state index is 0.0591. The molecule has 5 aromatic rings. The number of unbranched alkanes of at least 4 members (excludes halogenated alkanes) is 10. The molecule has 1 aliphatic heterocycles. The van der Waals surface area contributed by atoms with Crippen molar-refractivity contribution in [3.63, 3.8) is 0 Å². The van der Waals surface area contributed by atoms with E-state index in [1.54, 1.807) is 17.8 Å². The van der Waals surface area contributed by atoms with Crippen molar-refractivity contribution in [1.29, 1.82) is 0 Å². The number of oxime groups is 1. The van der Waals surface area contributed by atoms with Crippen molar-refractivity contribution < 1.29 is 34.1 Å². The molecule has 8 rings (SSSR count). The quantitative estimate of drug-likeness (QED) is 0.0203. The number of hydrogen-bond donors (Lipinski definition) is 2. The largest absolute Gasteiger partial charge is 0.459 e. The highest BCUT2D eigenvalue weighted by atomic mass is 32.2. The van der Waals surface area contributed by atoms with Crippen molar-refractivity contribution in [3.05, 3.63) is 156 Å². The number of thioether (sulfide) groups is 1. The van der Waals surface area contributed by atoms with Crippen molar-refractivity contribution in [2.24, 2.45) is 22.9 Å². The lowest BCUT2D eigenvalue weighted by Gasteiger charge is -2.60. The highest BCUT2D eigenvalue weighted by molar-refractivity contribution is 7.98. The summed E-state index contributed by atoms with van der Waals surface area (Å²) in [6, 6.07) is 38.6. The molecular formula is C64H80N2O7S. The number of carbonyl (C=O) groups is 1. The molecule has 0 saturated heterocycles. The Morgan fingerprint density at radius 1 is 0.811 bits per heavy atom. The first-order chi connectivity index (χ1) is 36.4. The van der Waals surface area contributed by atoms with Gasteiger partial charge < -0.3 is 34.2 Å². The molecule has 9 nitrogen and oxygen atoms in total. The number of aliphatic hydroxyl groups is 2. The number of rotatable bonds is 30. The van der Waals surface area contributed by atoms with E-state index < -0.39 is 17.7 Å². The summed E-state index contributed by atoms with van der Waals surface area (Å²) in [5.41, 5.74) is 4.87. The zero-order chi connectivity index (χ0) is 51.5. The number of hydrogen-bond acceptors (Lipinski definition) is 9. The Labute approximate surface area is 445 Å². The first kappa shape index (κ1) is 54.9. The van der Waals surface area contributed by atoms with Gasteiger partial charge in [0.25, 0.3) is 0 Å². The molecule has 6 atom stereocenters. The molecule has 2 N–H and O–H groups in total. The summed E-state index contributed by atoms with van der Waals surface area (Å²) in [5, 5.41) is 27.6. The SMILES string of the molecule is C=CCO[C@@]12Oc3ccc(Oc4ccc(SC)cc4)cc3[C@H]3[C@H](CCCCO)[C@@H](CCCCO)C=C(C(=NOCc4ccccc4)C[C@@H]1N(Cc1cccc4ccccc14)C(=O)CCCCCCCCCCC)[C@H]32. The maximum atomic E-state index is 15.6. The van der Waals surface area contributed by atoms with Crippen LogP contribution in [0.3, 0.4) is 0 Å². The highest BCUT2D eigenvalue weighted by Crippen LogP contribution is 2.62. The molecule has 0 bridgehead atoms. The molecule has 0 aromatic heterocycles. The lowest BCUT2D eigenvalue weighted by Crippen LogP contribution is -2.70. The Balaban J connectivity index is 1.29. The molecule has 0 unspecified atom stereocenters. The van der Waals surface area contributed by atoms with Gasteiger partial charge in [0.05, 0.1) is 18.2 Å². The molecule has 0 radical (unpaired) electrons. The van der Waals surface area contributed by atoms with Crippen molar-refractivity contribution in [2.75, 3.05) is 26.1 Å². The Hall–Kier alpha value is -5.39. The van der Waals surface area contributed by atoms with Gasteiger partial charge in [-0.3, -0.25) is 4.79 Å². The van der Waals surface area contributed by atoms with Crippen LogP contribution >= 0.6 is 11.8 Å². The Kier molecular flexibility index (Phi) is 20.7. The Morgan fingerprint density at radius 3 is 2.26 bits per heavy atom. The van der Waals surface area contributed by atoms with Gasteiger partial charge in [-0.2, -0.15) is 0 Å². The predicted octanol–water partition coefficient (Wildman–Crippen LogP) is 15.1. The Morgan fingerprint density at radius 2 is 1.51 bits per heavy atom. The fraction of sp³-hybridized carbons (Fsp3) is 0.469. The zero-order valence-corrected chi connectivity index (χ0v) is 44.8. The summed E-state index contributed by atoms with van der Waals surface area (Å²) >= 11 is 1.69. The molecule has 5 aromatic carbocycles. The number of nitrogens with zero attached hydrogens (tertiary/aromatic N) is 2. The standard InChI is InChI=1S/C64H80N2O7S/c1-4-6-7-8-9-10-11-12-16-32-61(69)66(45-50-29-23-28-48-26-17-18-30-54(48)50)60-44-58(65-71-46-47-24-14-13-15-25-47)56-42-49(27-19-21-39-67)55(31-20-22-40-68)62-57-43-52(72-51-33-36-53(74-3)37-34-51)35-38-59(57)73-64(60,63(56)62)70-41-5-2/h5,13-15,17-18,23-26,28-30,33-38,42-43,49,55,60,62-63,67-68H,2,4,6-12,16,19-22,27,31-32,39-41,44-46H2,1,3H3/t49-,55+,60-,62+,63+,64+/m0/s1. The van der Waals surface area contributed by atoms with E-state index in [0.717, 1.165) is 94.3 Å². The fourth-order valence-electron chi connectivity index (χ4n) is 12.0. The van der Waals surface area contributed by atoms with Crippen LogP contribution in [0, 0.1) is 17.8 Å². The molecule has 394 valence electrons. The van der Waals surface area contributed by atoms with Crippen LogP contribution < -0.4 is 9.47 Å². The zero-order valence-electron chi connectivity index (χ0n) is 44.0. The molecule has 2 aliphatic carbocycles. The van der Waals surface area contributed by atoms with Gasteiger partial charge in [0.15, 0.2) is 0 Å². The van der Waals surface area contributed by atoms with Gasteiger partial charge in [0.1, 0.15) is 29.9 Å². The van der Waals surface area contributed by atoms with Crippen LogP contribution in [-0.4, -0.2) is 64.6 Å². The van der Waals surface area contributed by atoms with Crippen LogP contribution in [0.4, 0.5) is 0 Å². The van der Waals surface area contributed by atoms with Crippen molar-refractivity contribution in [2.45, 2.75) is 152 Å². The van der Waals surface area contributed by atoms with Gasteiger partial charge in [0, 0.05) is 49.0 Å². The normalized spacial score (nSPS) is 21.3. The number of ether oxygens (including phenoxy) is 3. The molecule has 10 heteroatoms. The van der Waals surface area contributed by atoms with Gasteiger partial charge in [-0.15, -0.1) is 18.3 Å². The van der Waals surface area contributed by atoms with E-state index in [1.807, 2.05) is 54.6 Å². The van der Waals surface area contributed by atoms with E-state index in [4.69, 9.17) is 24.2 Å². The fourth-order valence-corrected chi connectivity index (χ4v) is 12.4. The van der Waals surface area contributed by atoms with Gasteiger partial charge in [-0.1, -0.05) is 161 Å². The summed E-state index contributed by atoms with van der Waals surface area (Å²) in [4.78, 5) is 25.3. The molecule has 1 saturated carbocycles. The van der Waals surface area contributed by atoms with Crippen LogP contribution in [0.15, 0.2) is 150 Å². The average Bonchev–Trinajstić information content (AvgIpc) is 3.43. The predicted molar refractivity (Wildman–Crippen MR) is 301 cm³/mol. The molecule has 1 amide bonds. The third kappa shape index (κ3) is 13.5. The molecule has 1 heterocycles. The minimum Gasteiger partial charge on any atom is -0.459 e. The maximum Gasteiger partial charge on any atom is 0.239 e. The number of carbonyl (C=O) groups excluding carboxylic acids is 1. The summed E-state index contributed by atoms with van der Waals surface area (Å²) < 4.78 is 21.7. The number of fused-ring (bicyclic) bond motifs is 3. The lowest BCUT2D eigenvalue weighted by atomic mass is 9.55. The minimum atomic E-state index is -1.38. The average molecular weight is 1020 g/mol. The number of amides is 1. The van der Waals surface area contributed by atoms with Crippen molar-refractivity contribution in [3.8, 4) is 17.2 Å². The number of benzene rings is 5.